The third-order valence-electron chi connectivity index (χ3n) is 5.78. The second-order valence-corrected chi connectivity index (χ2v) is 8.07. The summed E-state index contributed by atoms with van der Waals surface area (Å²) < 4.78 is 0. The maximum Gasteiger partial charge on any atom is 0.135 e. The molecule has 1 atom stereocenters. The van der Waals surface area contributed by atoms with Crippen LogP contribution in [0.4, 0.5) is 0 Å². The maximum absolute atomic E-state index is 11.9. The minimum absolute atomic E-state index is 0.463. The largest absolute Gasteiger partial charge is 0.300 e. The molecule has 0 aromatic heterocycles. The SMILES string of the molecule is CCCCCCCCCCCCC1CC(=O)CCN1Cc1ccccc1. The zero-order chi connectivity index (χ0) is 18.5. The zero-order valence-corrected chi connectivity index (χ0v) is 16.9. The van der Waals surface area contributed by atoms with E-state index in [2.05, 4.69) is 42.2 Å². The number of likely N-dealkylation sites (tertiary alicyclic amines) is 1. The number of carbonyl (C=O) groups excluding carboxylic acids is 1. The number of Topliss-reactive ketones (excluding diaryl/α,β-unsaturated/α-hetero) is 1. The van der Waals surface area contributed by atoms with Crippen molar-refractivity contribution >= 4 is 5.78 Å². The molecule has 0 amide bonds. The first-order valence-corrected chi connectivity index (χ1v) is 11.1. The second kappa shape index (κ2) is 13.1. The Kier molecular flexibility index (Phi) is 10.6. The number of piperidine rings is 1. The number of ketones is 1. The zero-order valence-electron chi connectivity index (χ0n) is 16.9. The van der Waals surface area contributed by atoms with E-state index in [4.69, 9.17) is 0 Å². The van der Waals surface area contributed by atoms with E-state index in [1.165, 1.54) is 76.2 Å². The lowest BCUT2D eigenvalue weighted by Crippen LogP contribution is -2.42. The molecule has 1 saturated heterocycles. The van der Waals surface area contributed by atoms with Crippen molar-refractivity contribution in [2.24, 2.45) is 0 Å². The molecular weight excluding hydrogens is 318 g/mol. The predicted octanol–water partition coefficient (Wildman–Crippen LogP) is 6.53. The Bertz CT molecular complexity index is 484. The predicted molar refractivity (Wildman–Crippen MR) is 111 cm³/mol. The molecule has 2 nitrogen and oxygen atoms in total. The first-order valence-electron chi connectivity index (χ1n) is 11.1. The molecule has 1 unspecified atom stereocenters. The van der Waals surface area contributed by atoms with Crippen LogP contribution in [0.3, 0.4) is 0 Å². The normalized spacial score (nSPS) is 18.3. The second-order valence-electron chi connectivity index (χ2n) is 8.07. The van der Waals surface area contributed by atoms with E-state index < -0.39 is 0 Å². The summed E-state index contributed by atoms with van der Waals surface area (Å²) in [5.74, 6) is 0.464. The standard InChI is InChI=1S/C24H39NO/c1-2-3-4-5-6-7-8-9-10-14-17-23-20-24(26)18-19-25(23)21-22-15-12-11-13-16-22/h11-13,15-16,23H,2-10,14,17-21H2,1H3. The van der Waals surface area contributed by atoms with Crippen molar-refractivity contribution < 1.29 is 4.79 Å². The number of rotatable bonds is 13. The fourth-order valence-corrected chi connectivity index (χ4v) is 4.12. The van der Waals surface area contributed by atoms with E-state index in [1.807, 2.05) is 0 Å². The minimum Gasteiger partial charge on any atom is -0.300 e. The van der Waals surface area contributed by atoms with Gasteiger partial charge in [-0.05, 0) is 12.0 Å². The van der Waals surface area contributed by atoms with E-state index >= 15 is 0 Å². The maximum atomic E-state index is 11.9. The van der Waals surface area contributed by atoms with Gasteiger partial charge >= 0.3 is 0 Å². The Labute approximate surface area is 161 Å². The first-order chi connectivity index (χ1) is 12.8. The summed E-state index contributed by atoms with van der Waals surface area (Å²) in [7, 11) is 0. The number of nitrogens with zero attached hydrogens (tertiary/aromatic N) is 1. The van der Waals surface area contributed by atoms with Crippen LogP contribution in [0, 0.1) is 0 Å². The molecule has 1 aliphatic rings. The van der Waals surface area contributed by atoms with Crippen LogP contribution in [0.2, 0.25) is 0 Å². The van der Waals surface area contributed by atoms with Gasteiger partial charge in [-0.2, -0.15) is 0 Å². The van der Waals surface area contributed by atoms with Crippen LogP contribution in [0.25, 0.3) is 0 Å². The van der Waals surface area contributed by atoms with E-state index in [0.29, 0.717) is 11.8 Å². The number of hydrogen-bond acceptors (Lipinski definition) is 2. The van der Waals surface area contributed by atoms with Crippen LogP contribution in [-0.2, 0) is 11.3 Å². The molecule has 2 rings (SSSR count). The highest BCUT2D eigenvalue weighted by molar-refractivity contribution is 5.79. The van der Waals surface area contributed by atoms with Crippen LogP contribution in [-0.4, -0.2) is 23.3 Å². The summed E-state index contributed by atoms with van der Waals surface area (Å²) >= 11 is 0. The van der Waals surface area contributed by atoms with Crippen molar-refractivity contribution in [3.63, 3.8) is 0 Å². The number of benzene rings is 1. The van der Waals surface area contributed by atoms with E-state index in [0.717, 1.165) is 25.9 Å². The van der Waals surface area contributed by atoms with Crippen LogP contribution in [0.15, 0.2) is 30.3 Å². The minimum atomic E-state index is 0.463. The molecule has 146 valence electrons. The van der Waals surface area contributed by atoms with Crippen LogP contribution >= 0.6 is 0 Å². The lowest BCUT2D eigenvalue weighted by molar-refractivity contribution is -0.123. The van der Waals surface area contributed by atoms with Gasteiger partial charge in [0, 0.05) is 32.0 Å². The summed E-state index contributed by atoms with van der Waals surface area (Å²) in [6.07, 6.45) is 16.5. The first kappa shape index (κ1) is 21.2. The molecule has 1 aromatic rings. The van der Waals surface area contributed by atoms with Gasteiger partial charge in [-0.1, -0.05) is 101 Å². The highest BCUT2D eigenvalue weighted by atomic mass is 16.1. The molecule has 0 spiro atoms. The molecule has 1 aromatic carbocycles. The van der Waals surface area contributed by atoms with Crippen LogP contribution < -0.4 is 0 Å². The highest BCUT2D eigenvalue weighted by Crippen LogP contribution is 2.22. The molecular formula is C24H39NO. The quantitative estimate of drug-likeness (QED) is 0.374. The van der Waals surface area contributed by atoms with Crippen molar-refractivity contribution in [1.29, 1.82) is 0 Å². The van der Waals surface area contributed by atoms with E-state index in [1.54, 1.807) is 0 Å². The Balaban J connectivity index is 1.60. The fraction of sp³-hybridized carbons (Fsp3) is 0.708. The van der Waals surface area contributed by atoms with E-state index in [9.17, 15) is 4.79 Å². The van der Waals surface area contributed by atoms with Gasteiger partial charge in [0.25, 0.3) is 0 Å². The molecule has 1 aliphatic heterocycles. The van der Waals surface area contributed by atoms with Crippen LogP contribution in [0.1, 0.15) is 96.0 Å². The molecule has 0 radical (unpaired) electrons. The lowest BCUT2D eigenvalue weighted by Gasteiger charge is -2.35. The van der Waals surface area contributed by atoms with Gasteiger partial charge in [0.15, 0.2) is 0 Å². The average molecular weight is 358 g/mol. The number of unbranched alkanes of at least 4 members (excludes halogenated alkanes) is 9. The van der Waals surface area contributed by atoms with Gasteiger partial charge in [-0.25, -0.2) is 0 Å². The summed E-state index contributed by atoms with van der Waals surface area (Å²) in [4.78, 5) is 14.5. The van der Waals surface area contributed by atoms with Gasteiger partial charge < -0.3 is 0 Å². The summed E-state index contributed by atoms with van der Waals surface area (Å²) in [5.41, 5.74) is 1.37. The Morgan fingerprint density at radius 1 is 0.885 bits per heavy atom. The van der Waals surface area contributed by atoms with Crippen molar-refractivity contribution in [2.45, 2.75) is 103 Å². The molecule has 1 heterocycles. The summed E-state index contributed by atoms with van der Waals surface area (Å²) in [6, 6.07) is 11.2. The fourth-order valence-electron chi connectivity index (χ4n) is 4.12. The third kappa shape index (κ3) is 8.49. The molecule has 0 N–H and O–H groups in total. The third-order valence-corrected chi connectivity index (χ3v) is 5.78. The van der Waals surface area contributed by atoms with Crippen molar-refractivity contribution in [2.75, 3.05) is 6.54 Å². The highest BCUT2D eigenvalue weighted by Gasteiger charge is 2.26. The van der Waals surface area contributed by atoms with Crippen molar-refractivity contribution in [1.82, 2.24) is 4.90 Å². The topological polar surface area (TPSA) is 20.3 Å². The number of hydrogen-bond donors (Lipinski definition) is 0. The monoisotopic (exact) mass is 357 g/mol. The molecule has 0 saturated carbocycles. The number of carbonyl (C=O) groups is 1. The summed E-state index contributed by atoms with van der Waals surface area (Å²) in [5, 5.41) is 0. The molecule has 0 bridgehead atoms. The van der Waals surface area contributed by atoms with Crippen LogP contribution in [0.5, 0.6) is 0 Å². The molecule has 26 heavy (non-hydrogen) atoms. The van der Waals surface area contributed by atoms with Crippen molar-refractivity contribution in [3.05, 3.63) is 35.9 Å². The lowest BCUT2D eigenvalue weighted by atomic mass is 9.95. The summed E-state index contributed by atoms with van der Waals surface area (Å²) in [6.45, 7) is 4.22. The Morgan fingerprint density at radius 2 is 1.50 bits per heavy atom. The molecule has 0 aliphatic carbocycles. The molecule has 2 heteroatoms. The van der Waals surface area contributed by atoms with Crippen molar-refractivity contribution in [3.8, 4) is 0 Å². The van der Waals surface area contributed by atoms with Gasteiger partial charge in [0.2, 0.25) is 0 Å². The Morgan fingerprint density at radius 3 is 2.15 bits per heavy atom. The van der Waals surface area contributed by atoms with Gasteiger partial charge in [-0.15, -0.1) is 0 Å². The average Bonchev–Trinajstić information content (AvgIpc) is 2.66. The smallest absolute Gasteiger partial charge is 0.135 e. The molecule has 1 fully saturated rings. The van der Waals surface area contributed by atoms with Gasteiger partial charge in [-0.3, -0.25) is 9.69 Å². The van der Waals surface area contributed by atoms with Gasteiger partial charge in [0.05, 0.1) is 0 Å². The van der Waals surface area contributed by atoms with Gasteiger partial charge in [0.1, 0.15) is 5.78 Å². The Hall–Kier alpha value is -1.15. The van der Waals surface area contributed by atoms with E-state index in [-0.39, 0.29) is 0 Å².